The summed E-state index contributed by atoms with van der Waals surface area (Å²) in [6, 6.07) is 2.60. The Morgan fingerprint density at radius 1 is 1.18 bits per heavy atom. The fourth-order valence-electron chi connectivity index (χ4n) is 4.13. The molecular weight excluding hydrogens is 693 g/mol. The molecule has 4 heterocycles. The van der Waals surface area contributed by atoms with Crippen molar-refractivity contribution in [1.29, 1.82) is 0 Å². The summed E-state index contributed by atoms with van der Waals surface area (Å²) in [5.74, 6) is -5.42. The predicted molar refractivity (Wildman–Crippen MR) is 153 cm³/mol. The number of aromatic hydroxyl groups is 2. The van der Waals surface area contributed by atoms with Crippen molar-refractivity contribution in [2.75, 3.05) is 23.8 Å². The molecule has 1 fully saturated rings. The zero-order chi connectivity index (χ0) is 31.0. The number of rotatable bonds is 10. The largest absolute Gasteiger partial charge is 1.00 e. The van der Waals surface area contributed by atoms with Gasteiger partial charge < -0.3 is 45.9 Å². The van der Waals surface area contributed by atoms with E-state index in [0.717, 1.165) is 39.3 Å². The van der Waals surface area contributed by atoms with Gasteiger partial charge in [-0.05, 0) is 11.6 Å². The van der Waals surface area contributed by atoms with Crippen molar-refractivity contribution in [2.24, 2.45) is 5.16 Å². The summed E-state index contributed by atoms with van der Waals surface area (Å²) in [4.78, 5) is 71.0. The number of benzene rings is 1. The molecule has 5 rings (SSSR count). The first kappa shape index (κ1) is 37.1. The molecular formula is C24H17N5Na2O10S4. The average molecular weight is 710 g/mol. The summed E-state index contributed by atoms with van der Waals surface area (Å²) in [6.07, 6.45) is 0. The Hall–Kier alpha value is -2.33. The van der Waals surface area contributed by atoms with Gasteiger partial charge in [-0.1, -0.05) is 5.16 Å². The SMILES string of the molecule is Nc1nc(/C(=N/OCC(=O)[O-])C(=O)N[C@@H]2C(=O)N3C(C(=O)[O-])=C(CSc4cc(=O)c5cc(O)c(O)cc5s4)CS[C@@H]23)cs1.[Na+].[Na+]. The first-order valence-electron chi connectivity index (χ1n) is 11.9. The summed E-state index contributed by atoms with van der Waals surface area (Å²) in [7, 11) is 0. The number of nitrogens with zero attached hydrogens (tertiary/aromatic N) is 3. The number of thioether (sulfide) groups is 2. The third kappa shape index (κ3) is 7.98. The van der Waals surface area contributed by atoms with Crippen LogP contribution in [0.1, 0.15) is 5.69 Å². The van der Waals surface area contributed by atoms with E-state index >= 15 is 0 Å². The Balaban J connectivity index is 0.00000276. The number of carbonyl (C=O) groups excluding carboxylic acids is 4. The van der Waals surface area contributed by atoms with Crippen LogP contribution < -0.4 is 85.8 Å². The van der Waals surface area contributed by atoms with E-state index in [0.29, 0.717) is 14.5 Å². The average Bonchev–Trinajstić information content (AvgIpc) is 3.38. The van der Waals surface area contributed by atoms with Crippen LogP contribution in [0.15, 0.2) is 49.0 Å². The minimum absolute atomic E-state index is 0. The number of thiazole rings is 1. The number of oxime groups is 1. The molecule has 0 bridgehead atoms. The standard InChI is InChI=1S/C24H19N5O10S4.2Na/c25-24-26-10(7-42-24)17(28-39-4-15(33)34)20(35)27-18-21(36)29-19(23(37)38)8(6-41-22(18)29)5-40-16-3-11(30)9-1-12(31)13(32)2-14(9)43-16;;/h1-3,7,18,22,31-32H,4-6H2,(H2,25,26)(H,27,35)(H,33,34)(H,37,38);;/q;2*+1/p-2/b28-17-;;/t18-,22+;;/m1../s1. The van der Waals surface area contributed by atoms with Gasteiger partial charge in [0.15, 0.2) is 34.4 Å². The number of aromatic nitrogens is 1. The maximum atomic E-state index is 13.1. The number of anilines is 1. The molecule has 2 aliphatic rings. The van der Waals surface area contributed by atoms with Crippen LogP contribution in [-0.2, 0) is 24.0 Å². The van der Waals surface area contributed by atoms with E-state index in [4.69, 9.17) is 5.73 Å². The van der Waals surface area contributed by atoms with Gasteiger partial charge in [0, 0.05) is 39.1 Å². The Labute approximate surface area is 313 Å². The van der Waals surface area contributed by atoms with E-state index in [1.165, 1.54) is 35.3 Å². The third-order valence-electron chi connectivity index (χ3n) is 6.04. The van der Waals surface area contributed by atoms with Crippen molar-refractivity contribution in [1.82, 2.24) is 15.2 Å². The molecule has 2 amide bonds. The van der Waals surface area contributed by atoms with Gasteiger partial charge in [-0.25, -0.2) is 4.98 Å². The number of carboxylic acid groups (broad SMARTS) is 2. The van der Waals surface area contributed by atoms with Crippen molar-refractivity contribution in [3.63, 3.8) is 0 Å². The number of carbonyl (C=O) groups is 4. The molecule has 2 atom stereocenters. The van der Waals surface area contributed by atoms with Gasteiger partial charge in [-0.3, -0.25) is 19.3 Å². The van der Waals surface area contributed by atoms with Gasteiger partial charge in [0.2, 0.25) is 0 Å². The Kier molecular flexibility index (Phi) is 12.8. The molecule has 0 saturated carbocycles. The van der Waals surface area contributed by atoms with Crippen LogP contribution in [0.25, 0.3) is 10.1 Å². The predicted octanol–water partition coefficient (Wildman–Crippen LogP) is -7.61. The van der Waals surface area contributed by atoms with E-state index in [1.54, 1.807) is 0 Å². The summed E-state index contributed by atoms with van der Waals surface area (Å²) in [5, 5.41) is 49.1. The van der Waals surface area contributed by atoms with Gasteiger partial charge in [0.05, 0.1) is 21.8 Å². The summed E-state index contributed by atoms with van der Waals surface area (Å²) < 4.78 is 0.928. The summed E-state index contributed by atoms with van der Waals surface area (Å²) in [6.45, 7) is -0.951. The van der Waals surface area contributed by atoms with Crippen molar-refractivity contribution < 1.29 is 104 Å². The third-order valence-corrected chi connectivity index (χ3v) is 10.4. The van der Waals surface area contributed by atoms with Gasteiger partial charge in [-0.15, -0.1) is 46.2 Å². The number of fused-ring (bicyclic) bond motifs is 2. The van der Waals surface area contributed by atoms with E-state index in [9.17, 15) is 44.4 Å². The van der Waals surface area contributed by atoms with Crippen LogP contribution in [-0.4, -0.2) is 79.1 Å². The maximum Gasteiger partial charge on any atom is 1.00 e. The van der Waals surface area contributed by atoms with Gasteiger partial charge in [0.1, 0.15) is 17.1 Å². The molecule has 2 aliphatic heterocycles. The van der Waals surface area contributed by atoms with Crippen molar-refractivity contribution >= 4 is 90.9 Å². The smallest absolute Gasteiger partial charge is 0.546 e. The molecule has 1 saturated heterocycles. The van der Waals surface area contributed by atoms with Crippen molar-refractivity contribution in [3.8, 4) is 11.5 Å². The zero-order valence-corrected chi connectivity index (χ0v) is 30.6. The Morgan fingerprint density at radius 3 is 2.53 bits per heavy atom. The number of β-lactam (4-membered cyclic amide) rings is 1. The molecule has 1 aromatic carbocycles. The fraction of sp³-hybridized carbons (Fsp3) is 0.208. The molecule has 0 aliphatic carbocycles. The number of nitrogens with one attached hydrogen (secondary N) is 1. The van der Waals surface area contributed by atoms with Crippen LogP contribution in [0.4, 0.5) is 5.13 Å². The van der Waals surface area contributed by atoms with Gasteiger partial charge in [-0.2, -0.15) is 0 Å². The van der Waals surface area contributed by atoms with Crippen LogP contribution in [0.5, 0.6) is 11.5 Å². The van der Waals surface area contributed by atoms with E-state index < -0.39 is 58.7 Å². The minimum Gasteiger partial charge on any atom is -0.546 e. The number of nitrogen functional groups attached to an aromatic ring is 1. The Bertz CT molecular complexity index is 1810. The topological polar surface area (TPSA) is 248 Å². The maximum absolute atomic E-state index is 13.1. The first-order chi connectivity index (χ1) is 20.4. The molecule has 2 aromatic heterocycles. The van der Waals surface area contributed by atoms with E-state index in [-0.39, 0.29) is 98.3 Å². The van der Waals surface area contributed by atoms with Crippen LogP contribution in [0, 0.1) is 0 Å². The molecule has 15 nitrogen and oxygen atoms in total. The second-order valence-electron chi connectivity index (χ2n) is 8.81. The first-order valence-corrected chi connectivity index (χ1v) is 15.6. The van der Waals surface area contributed by atoms with Crippen molar-refractivity contribution in [2.45, 2.75) is 15.6 Å². The summed E-state index contributed by atoms with van der Waals surface area (Å²) >= 11 is 4.48. The second-order valence-corrected chi connectivity index (χ2v) is 13.2. The molecule has 224 valence electrons. The number of hydrogen-bond acceptors (Lipinski definition) is 17. The number of aliphatic carboxylic acids is 2. The number of nitrogens with two attached hydrogens (primary N) is 1. The zero-order valence-electron chi connectivity index (χ0n) is 23.3. The minimum atomic E-state index is -1.60. The molecule has 0 unspecified atom stereocenters. The van der Waals surface area contributed by atoms with E-state index in [2.05, 4.69) is 20.3 Å². The molecule has 0 spiro atoms. The molecule has 45 heavy (non-hydrogen) atoms. The van der Waals surface area contributed by atoms with Gasteiger partial charge in [0.25, 0.3) is 11.8 Å². The summed E-state index contributed by atoms with van der Waals surface area (Å²) in [5.41, 5.74) is 4.74. The Morgan fingerprint density at radius 2 is 1.89 bits per heavy atom. The number of phenols is 2. The molecule has 0 radical (unpaired) electrons. The van der Waals surface area contributed by atoms with Gasteiger partial charge >= 0.3 is 59.1 Å². The normalized spacial score (nSPS) is 17.5. The number of amides is 2. The van der Waals surface area contributed by atoms with Crippen LogP contribution in [0.3, 0.4) is 0 Å². The van der Waals surface area contributed by atoms with E-state index in [1.807, 2.05) is 0 Å². The monoisotopic (exact) mass is 709 g/mol. The number of hydrogen-bond donors (Lipinski definition) is 4. The van der Waals surface area contributed by atoms with Crippen LogP contribution >= 0.6 is 46.2 Å². The molecule has 21 heteroatoms. The number of phenolic OH excluding ortho intramolecular Hbond substituents is 2. The molecule has 3 aromatic rings. The number of carboxylic acids is 2. The van der Waals surface area contributed by atoms with Crippen LogP contribution in [0.2, 0.25) is 0 Å². The fourth-order valence-corrected chi connectivity index (χ4v) is 8.40. The quantitative estimate of drug-likeness (QED) is 0.0382. The van der Waals surface area contributed by atoms with Crippen molar-refractivity contribution in [3.05, 3.63) is 50.8 Å². The second kappa shape index (κ2) is 15.5. The molecule has 5 N–H and O–H groups in total.